The van der Waals surface area contributed by atoms with Crippen LogP contribution in [-0.4, -0.2) is 47.3 Å². The molecule has 4 fully saturated rings. The van der Waals surface area contributed by atoms with Gasteiger partial charge in [0.05, 0.1) is 30.5 Å². The molecule has 7 atom stereocenters. The molecule has 0 aromatic carbocycles. The Kier molecular flexibility index (Phi) is 3.90. The first-order chi connectivity index (χ1) is 11.3. The van der Waals surface area contributed by atoms with Gasteiger partial charge < -0.3 is 19.7 Å². The van der Waals surface area contributed by atoms with Crippen molar-refractivity contribution in [3.63, 3.8) is 0 Å². The maximum atomic E-state index is 10.7. The fraction of sp³-hybridized carbons (Fsp3) is 1.00. The zero-order valence-corrected chi connectivity index (χ0v) is 15.5. The molecule has 2 aliphatic heterocycles. The minimum atomic E-state index is -0.411. The van der Waals surface area contributed by atoms with Crippen molar-refractivity contribution < 1.29 is 19.7 Å². The largest absolute Gasteiger partial charge is 0.396 e. The molecular weight excluding hydrogens is 304 g/mol. The van der Waals surface area contributed by atoms with Crippen LogP contribution in [0.1, 0.15) is 65.7 Å². The number of fused-ring (bicyclic) bond motifs is 2. The second kappa shape index (κ2) is 5.42. The highest BCUT2D eigenvalue weighted by molar-refractivity contribution is 5.17. The van der Waals surface area contributed by atoms with E-state index in [1.54, 1.807) is 0 Å². The molecule has 2 N–H and O–H groups in total. The number of hydrogen-bond donors (Lipinski definition) is 2. The van der Waals surface area contributed by atoms with E-state index in [9.17, 15) is 10.2 Å². The smallest absolute Gasteiger partial charge is 0.0945 e. The Morgan fingerprint density at radius 2 is 1.83 bits per heavy atom. The first kappa shape index (κ1) is 17.3. The molecule has 2 spiro atoms. The summed E-state index contributed by atoms with van der Waals surface area (Å²) in [6.45, 7) is 8.46. The maximum absolute atomic E-state index is 10.7. The van der Waals surface area contributed by atoms with Crippen LogP contribution in [0.25, 0.3) is 0 Å². The maximum Gasteiger partial charge on any atom is 0.0945 e. The zero-order chi connectivity index (χ0) is 17.2. The third-order valence-corrected chi connectivity index (χ3v) is 8.67. The highest BCUT2D eigenvalue weighted by Gasteiger charge is 2.69. The van der Waals surface area contributed by atoms with E-state index in [4.69, 9.17) is 9.47 Å². The van der Waals surface area contributed by atoms with Gasteiger partial charge in [0.1, 0.15) is 0 Å². The normalized spacial score (nSPS) is 57.6. The average molecular weight is 338 g/mol. The minimum absolute atomic E-state index is 0.0213. The van der Waals surface area contributed by atoms with Crippen molar-refractivity contribution in [3.8, 4) is 0 Å². The summed E-state index contributed by atoms with van der Waals surface area (Å²) in [6, 6.07) is 0. The molecule has 4 heteroatoms. The van der Waals surface area contributed by atoms with Gasteiger partial charge in [-0.05, 0) is 50.4 Å². The van der Waals surface area contributed by atoms with Gasteiger partial charge in [-0.1, -0.05) is 20.8 Å². The molecule has 0 radical (unpaired) electrons. The quantitative estimate of drug-likeness (QED) is 0.772. The Labute approximate surface area is 145 Å². The average Bonchev–Trinajstić information content (AvgIpc) is 3.18. The van der Waals surface area contributed by atoms with Gasteiger partial charge in [0.25, 0.3) is 0 Å². The van der Waals surface area contributed by atoms with Crippen LogP contribution >= 0.6 is 0 Å². The van der Waals surface area contributed by atoms with Crippen LogP contribution in [0.3, 0.4) is 0 Å². The van der Waals surface area contributed by atoms with Crippen LogP contribution in [-0.2, 0) is 9.47 Å². The second-order valence-electron chi connectivity index (χ2n) is 9.64. The topological polar surface area (TPSA) is 58.9 Å². The molecule has 0 amide bonds. The molecule has 24 heavy (non-hydrogen) atoms. The van der Waals surface area contributed by atoms with E-state index < -0.39 is 11.5 Å². The van der Waals surface area contributed by atoms with Gasteiger partial charge in [-0.3, -0.25) is 0 Å². The van der Waals surface area contributed by atoms with Gasteiger partial charge >= 0.3 is 0 Å². The van der Waals surface area contributed by atoms with Crippen LogP contribution in [0.4, 0.5) is 0 Å². The molecule has 2 saturated carbocycles. The Morgan fingerprint density at radius 1 is 1.04 bits per heavy atom. The molecule has 0 aromatic rings. The zero-order valence-electron chi connectivity index (χ0n) is 15.5. The first-order valence-corrected chi connectivity index (χ1v) is 9.89. The molecule has 138 valence electrons. The summed E-state index contributed by atoms with van der Waals surface area (Å²) >= 11 is 0. The van der Waals surface area contributed by atoms with Gasteiger partial charge in [-0.25, -0.2) is 0 Å². The van der Waals surface area contributed by atoms with E-state index in [1.165, 1.54) is 0 Å². The summed E-state index contributed by atoms with van der Waals surface area (Å²) in [4.78, 5) is 0. The van der Waals surface area contributed by atoms with Gasteiger partial charge in [-0.15, -0.1) is 0 Å². The molecule has 4 nitrogen and oxygen atoms in total. The predicted octanol–water partition coefficient (Wildman–Crippen LogP) is 2.90. The Hall–Kier alpha value is -0.160. The first-order valence-electron chi connectivity index (χ1n) is 9.89. The second-order valence-corrected chi connectivity index (χ2v) is 9.64. The van der Waals surface area contributed by atoms with Crippen LogP contribution in [0.5, 0.6) is 0 Å². The lowest BCUT2D eigenvalue weighted by molar-refractivity contribution is -0.266. The van der Waals surface area contributed by atoms with Crippen LogP contribution in [0.2, 0.25) is 0 Å². The van der Waals surface area contributed by atoms with Crippen LogP contribution in [0, 0.1) is 22.7 Å². The summed E-state index contributed by atoms with van der Waals surface area (Å²) in [6.07, 6.45) is 6.78. The van der Waals surface area contributed by atoms with Crippen molar-refractivity contribution in [3.05, 3.63) is 0 Å². The van der Waals surface area contributed by atoms with Crippen molar-refractivity contribution in [1.29, 1.82) is 0 Å². The Balaban J connectivity index is 1.74. The molecular formula is C20H34O4. The van der Waals surface area contributed by atoms with Gasteiger partial charge in [0.2, 0.25) is 0 Å². The minimum Gasteiger partial charge on any atom is -0.396 e. The van der Waals surface area contributed by atoms with Gasteiger partial charge in [0.15, 0.2) is 0 Å². The molecule has 2 unspecified atom stereocenters. The summed E-state index contributed by atoms with van der Waals surface area (Å²) in [5, 5.41) is 20.8. The Morgan fingerprint density at radius 3 is 2.50 bits per heavy atom. The van der Waals surface area contributed by atoms with Crippen molar-refractivity contribution >= 4 is 0 Å². The van der Waals surface area contributed by atoms with Crippen molar-refractivity contribution in [2.24, 2.45) is 22.7 Å². The molecule has 2 heterocycles. The lowest BCUT2D eigenvalue weighted by Crippen LogP contribution is -2.66. The van der Waals surface area contributed by atoms with E-state index in [0.29, 0.717) is 11.8 Å². The van der Waals surface area contributed by atoms with Crippen molar-refractivity contribution in [2.75, 3.05) is 19.8 Å². The summed E-state index contributed by atoms with van der Waals surface area (Å²) in [5.41, 5.74) is -0.593. The number of hydrogen-bond acceptors (Lipinski definition) is 4. The van der Waals surface area contributed by atoms with E-state index >= 15 is 0 Å². The fourth-order valence-electron chi connectivity index (χ4n) is 7.00. The SMILES string of the molecule is C[C@@H]1CCC2[C@](C)(CO)[C@@H](O)CC[C@]2(C)[C@@]12CCC1(CCOC1)O2. The lowest BCUT2D eigenvalue weighted by atomic mass is 9.43. The lowest BCUT2D eigenvalue weighted by Gasteiger charge is -2.65. The molecule has 0 aromatic heterocycles. The van der Waals surface area contributed by atoms with Crippen LogP contribution < -0.4 is 0 Å². The standard InChI is InChI=1S/C20H34O4/c1-14-4-5-15-17(2,12-21)16(22)6-7-18(15,3)20(14)9-8-19(24-20)10-11-23-13-19/h14-16,21-22H,4-13H2,1-3H3/t14-,15?,16+,17+,18+,19?,20-/m1/s1. The monoisotopic (exact) mass is 338 g/mol. The van der Waals surface area contributed by atoms with Crippen molar-refractivity contribution in [2.45, 2.75) is 83.0 Å². The Bertz CT molecular complexity index is 502. The predicted molar refractivity (Wildman–Crippen MR) is 91.6 cm³/mol. The fourth-order valence-corrected chi connectivity index (χ4v) is 7.00. The molecule has 2 saturated heterocycles. The number of aliphatic hydroxyl groups is 2. The molecule has 4 rings (SSSR count). The van der Waals surface area contributed by atoms with Crippen LogP contribution in [0.15, 0.2) is 0 Å². The number of aliphatic hydroxyl groups excluding tert-OH is 2. The third kappa shape index (κ3) is 2.00. The van der Waals surface area contributed by atoms with Gasteiger partial charge in [-0.2, -0.15) is 0 Å². The highest BCUT2D eigenvalue weighted by Crippen LogP contribution is 2.68. The van der Waals surface area contributed by atoms with E-state index in [2.05, 4.69) is 20.8 Å². The molecule has 2 aliphatic carbocycles. The number of ether oxygens (including phenoxy) is 2. The van der Waals surface area contributed by atoms with E-state index in [0.717, 1.165) is 58.2 Å². The highest BCUT2D eigenvalue weighted by atomic mass is 16.6. The van der Waals surface area contributed by atoms with Gasteiger partial charge in [0, 0.05) is 23.9 Å². The van der Waals surface area contributed by atoms with Crippen molar-refractivity contribution in [1.82, 2.24) is 0 Å². The summed E-state index contributed by atoms with van der Waals surface area (Å²) in [5.74, 6) is 0.837. The molecule has 4 aliphatic rings. The van der Waals surface area contributed by atoms with E-state index in [-0.39, 0.29) is 23.2 Å². The molecule has 0 bridgehead atoms. The third-order valence-electron chi connectivity index (χ3n) is 8.67. The summed E-state index contributed by atoms with van der Waals surface area (Å²) < 4.78 is 12.7. The van der Waals surface area contributed by atoms with E-state index in [1.807, 2.05) is 0 Å². The number of rotatable bonds is 1. The summed E-state index contributed by atoms with van der Waals surface area (Å²) in [7, 11) is 0.